The minimum absolute atomic E-state index is 0. The maximum Gasteiger partial charge on any atom is 0.127 e. The Hall–Kier alpha value is -1.51. The van der Waals surface area contributed by atoms with Gasteiger partial charge in [0.2, 0.25) is 0 Å². The standard InChI is InChI=1S/C8H10O.C3H6O.C2H4O.CH4.2H2/c1-7-2-4-8(6-9)5-3-7;1-2-3-4;1-2-3;;;/h2-4,6,8H,5H2,1H3;3H,2H2,1H3;2H,1H3;1H4;2*1H. The second-order valence-corrected chi connectivity index (χ2v) is 3.15. The van der Waals surface area contributed by atoms with Gasteiger partial charge in [0, 0.05) is 15.2 Å². The molecule has 0 amide bonds. The summed E-state index contributed by atoms with van der Waals surface area (Å²) >= 11 is 0. The Morgan fingerprint density at radius 1 is 1.41 bits per heavy atom. The molecule has 1 aliphatic rings. The van der Waals surface area contributed by atoms with Crippen LogP contribution in [0.2, 0.25) is 0 Å². The molecule has 0 aliphatic heterocycles. The minimum atomic E-state index is 0. The molecule has 0 bridgehead atoms. The summed E-state index contributed by atoms with van der Waals surface area (Å²) in [6, 6.07) is 0. The third kappa shape index (κ3) is 17.1. The number of rotatable bonds is 2. The molecule has 0 radical (unpaired) electrons. The highest BCUT2D eigenvalue weighted by atomic mass is 16.1. The maximum atomic E-state index is 10.2. The third-order valence-electron chi connectivity index (χ3n) is 1.66. The SMILES string of the molecule is C.CC1=CCC(C=O)C=C1.CC=O.CCC=O.[HH].[HH]. The molecule has 1 unspecified atom stereocenters. The molecule has 1 aliphatic carbocycles. The van der Waals surface area contributed by atoms with Crippen LogP contribution in [0.3, 0.4) is 0 Å². The molecule has 3 nitrogen and oxygen atoms in total. The first kappa shape index (κ1) is 20.8. The Bertz CT molecular complexity index is 261. The van der Waals surface area contributed by atoms with Crippen molar-refractivity contribution in [3.05, 3.63) is 23.8 Å². The predicted molar refractivity (Wildman–Crippen MR) is 76.1 cm³/mol. The highest BCUT2D eigenvalue weighted by Gasteiger charge is 2.03. The molecule has 0 saturated carbocycles. The summed E-state index contributed by atoms with van der Waals surface area (Å²) in [5.41, 5.74) is 1.26. The van der Waals surface area contributed by atoms with Gasteiger partial charge in [-0.15, -0.1) is 0 Å². The first-order chi connectivity index (χ1) is 7.65. The number of hydrogen-bond acceptors (Lipinski definition) is 3. The summed E-state index contributed by atoms with van der Waals surface area (Å²) in [6.07, 6.45) is 10.1. The summed E-state index contributed by atoms with van der Waals surface area (Å²) in [7, 11) is 0. The molecule has 0 aromatic rings. The molecule has 3 heteroatoms. The fourth-order valence-corrected chi connectivity index (χ4v) is 0.845. The van der Waals surface area contributed by atoms with Crippen molar-refractivity contribution in [2.75, 3.05) is 0 Å². The van der Waals surface area contributed by atoms with Gasteiger partial charge in [-0.1, -0.05) is 38.2 Å². The first-order valence-corrected chi connectivity index (χ1v) is 5.29. The van der Waals surface area contributed by atoms with Gasteiger partial charge in [0.15, 0.2) is 0 Å². The van der Waals surface area contributed by atoms with E-state index in [-0.39, 0.29) is 16.2 Å². The quantitative estimate of drug-likeness (QED) is 0.697. The van der Waals surface area contributed by atoms with E-state index in [1.165, 1.54) is 12.5 Å². The Balaban J connectivity index is -0.0000000572. The summed E-state index contributed by atoms with van der Waals surface area (Å²) in [4.78, 5) is 28.2. The maximum absolute atomic E-state index is 10.2. The van der Waals surface area contributed by atoms with Crippen molar-refractivity contribution >= 4 is 18.9 Å². The van der Waals surface area contributed by atoms with Crippen LogP contribution in [-0.2, 0) is 14.4 Å². The Labute approximate surface area is 108 Å². The van der Waals surface area contributed by atoms with Crippen LogP contribution in [0, 0.1) is 5.92 Å². The van der Waals surface area contributed by atoms with Crippen molar-refractivity contribution in [2.24, 2.45) is 5.92 Å². The van der Waals surface area contributed by atoms with Gasteiger partial charge in [0.25, 0.3) is 0 Å². The molecular weight excluding hydrogens is 216 g/mol. The van der Waals surface area contributed by atoms with E-state index in [2.05, 4.69) is 6.08 Å². The van der Waals surface area contributed by atoms with Gasteiger partial charge in [-0.2, -0.15) is 0 Å². The predicted octanol–water partition coefficient (Wildman–Crippen LogP) is 3.64. The molecule has 0 aromatic heterocycles. The van der Waals surface area contributed by atoms with E-state index in [4.69, 9.17) is 4.79 Å². The van der Waals surface area contributed by atoms with Crippen molar-refractivity contribution in [1.29, 1.82) is 0 Å². The van der Waals surface area contributed by atoms with Crippen LogP contribution in [0.15, 0.2) is 23.8 Å². The lowest BCUT2D eigenvalue weighted by molar-refractivity contribution is -0.110. The van der Waals surface area contributed by atoms with Crippen molar-refractivity contribution in [3.8, 4) is 0 Å². The Morgan fingerprint density at radius 2 is 1.88 bits per heavy atom. The number of carbonyl (C=O) groups is 3. The van der Waals surface area contributed by atoms with Crippen LogP contribution in [0.25, 0.3) is 0 Å². The normalized spacial score (nSPS) is 15.7. The second kappa shape index (κ2) is 16.9. The van der Waals surface area contributed by atoms with Crippen molar-refractivity contribution in [3.63, 3.8) is 0 Å². The van der Waals surface area contributed by atoms with E-state index in [1.54, 1.807) is 0 Å². The molecule has 1 rings (SSSR count). The summed E-state index contributed by atoms with van der Waals surface area (Å²) in [5, 5.41) is 0. The van der Waals surface area contributed by atoms with Gasteiger partial charge >= 0.3 is 0 Å². The molecule has 0 heterocycles. The van der Waals surface area contributed by atoms with Gasteiger partial charge in [0.05, 0.1) is 0 Å². The molecule has 1 atom stereocenters. The fraction of sp³-hybridized carbons (Fsp3) is 0.500. The van der Waals surface area contributed by atoms with Crippen LogP contribution in [0.1, 0.15) is 43.9 Å². The van der Waals surface area contributed by atoms with Crippen LogP contribution in [0.4, 0.5) is 0 Å². The van der Waals surface area contributed by atoms with Gasteiger partial charge in [0.1, 0.15) is 18.9 Å². The van der Waals surface area contributed by atoms with Gasteiger partial charge in [-0.05, 0) is 20.3 Å². The van der Waals surface area contributed by atoms with Crippen molar-refractivity contribution < 1.29 is 17.2 Å². The smallest absolute Gasteiger partial charge is 0.127 e. The van der Waals surface area contributed by atoms with E-state index >= 15 is 0 Å². The molecule has 0 aromatic carbocycles. The monoisotopic (exact) mass is 244 g/mol. The van der Waals surface area contributed by atoms with E-state index in [1.807, 2.05) is 26.0 Å². The summed E-state index contributed by atoms with van der Waals surface area (Å²) < 4.78 is 0. The zero-order valence-electron chi connectivity index (χ0n) is 10.2. The van der Waals surface area contributed by atoms with Gasteiger partial charge in [-0.25, -0.2) is 0 Å². The molecule has 0 fully saturated rings. The lowest BCUT2D eigenvalue weighted by atomic mass is 9.99. The van der Waals surface area contributed by atoms with Crippen molar-refractivity contribution in [1.82, 2.24) is 0 Å². The number of carbonyl (C=O) groups excluding carboxylic acids is 3. The average Bonchev–Trinajstić information content (AvgIpc) is 2.31. The lowest BCUT2D eigenvalue weighted by Gasteiger charge is -2.05. The van der Waals surface area contributed by atoms with E-state index < -0.39 is 0 Å². The van der Waals surface area contributed by atoms with Crippen LogP contribution < -0.4 is 0 Å². The highest BCUT2D eigenvalue weighted by Crippen LogP contribution is 2.12. The third-order valence-corrected chi connectivity index (χ3v) is 1.66. The topological polar surface area (TPSA) is 51.2 Å². The zero-order chi connectivity index (χ0) is 12.8. The minimum Gasteiger partial charge on any atom is -0.304 e. The largest absolute Gasteiger partial charge is 0.304 e. The van der Waals surface area contributed by atoms with E-state index in [0.717, 1.165) is 25.3 Å². The lowest BCUT2D eigenvalue weighted by Crippen LogP contribution is -1.98. The van der Waals surface area contributed by atoms with Crippen LogP contribution in [-0.4, -0.2) is 18.9 Å². The van der Waals surface area contributed by atoms with Crippen LogP contribution in [0.5, 0.6) is 0 Å². The first-order valence-electron chi connectivity index (χ1n) is 5.29. The summed E-state index contributed by atoms with van der Waals surface area (Å²) in [6.45, 7) is 5.30. The van der Waals surface area contributed by atoms with Crippen LogP contribution >= 0.6 is 0 Å². The zero-order valence-corrected chi connectivity index (χ0v) is 10.2. The van der Waals surface area contributed by atoms with Gasteiger partial charge in [-0.3, -0.25) is 0 Å². The average molecular weight is 244 g/mol. The number of hydrogen-bond donors (Lipinski definition) is 0. The number of allylic oxidation sites excluding steroid dienone is 4. The molecule has 17 heavy (non-hydrogen) atoms. The summed E-state index contributed by atoms with van der Waals surface area (Å²) in [5.74, 6) is 0.133. The molecule has 0 N–H and O–H groups in total. The van der Waals surface area contributed by atoms with Gasteiger partial charge < -0.3 is 14.4 Å². The Kier molecular flexibility index (Phi) is 20.7. The Morgan fingerprint density at radius 3 is 2.12 bits per heavy atom. The molecule has 0 saturated heterocycles. The van der Waals surface area contributed by atoms with E-state index in [0.29, 0.717) is 6.42 Å². The second-order valence-electron chi connectivity index (χ2n) is 3.15. The molecule has 102 valence electrons. The highest BCUT2D eigenvalue weighted by molar-refractivity contribution is 5.58. The fourth-order valence-electron chi connectivity index (χ4n) is 0.845. The molecule has 0 spiro atoms. The van der Waals surface area contributed by atoms with Crippen molar-refractivity contribution in [2.45, 2.75) is 41.0 Å². The van der Waals surface area contributed by atoms with E-state index in [9.17, 15) is 9.59 Å². The molecular formula is C14H28O3. The number of aldehydes is 3.